The van der Waals surface area contributed by atoms with Crippen molar-refractivity contribution in [1.29, 1.82) is 0 Å². The molecule has 2 aliphatic rings. The van der Waals surface area contributed by atoms with Gasteiger partial charge in [0.1, 0.15) is 0 Å². The summed E-state index contributed by atoms with van der Waals surface area (Å²) in [5, 5.41) is 0. The Kier molecular flexibility index (Phi) is 3.06. The maximum atomic E-state index is 2.63. The molecule has 0 saturated carbocycles. The van der Waals surface area contributed by atoms with Crippen molar-refractivity contribution in [2.75, 3.05) is 13.2 Å². The molecule has 2 aromatic rings. The molecule has 102 valence electrons. The van der Waals surface area contributed by atoms with Gasteiger partial charge in [-0.05, 0) is 23.1 Å². The number of nitrogens with zero attached hydrogens (tertiary/aromatic N) is 2. The summed E-state index contributed by atoms with van der Waals surface area (Å²) in [6.07, 6.45) is 1.21. The minimum Gasteiger partial charge on any atom is -0.285 e. The molecule has 4 rings (SSSR count). The van der Waals surface area contributed by atoms with Crippen molar-refractivity contribution in [2.45, 2.75) is 25.6 Å². The Morgan fingerprint density at radius 1 is 0.900 bits per heavy atom. The fraction of sp³-hybridized carbons (Fsp3) is 0.333. The monoisotopic (exact) mass is 264 g/mol. The molecule has 2 heterocycles. The highest BCUT2D eigenvalue weighted by molar-refractivity contribution is 5.30. The van der Waals surface area contributed by atoms with Gasteiger partial charge in [-0.3, -0.25) is 9.80 Å². The number of rotatable bonds is 2. The molecule has 0 N–H and O–H groups in total. The third kappa shape index (κ3) is 2.26. The first-order chi connectivity index (χ1) is 9.88. The highest BCUT2D eigenvalue weighted by Crippen LogP contribution is 2.28. The van der Waals surface area contributed by atoms with Crippen LogP contribution in [0.5, 0.6) is 0 Å². The summed E-state index contributed by atoms with van der Waals surface area (Å²) in [6.45, 7) is 4.49. The summed E-state index contributed by atoms with van der Waals surface area (Å²) in [4.78, 5) is 5.21. The Morgan fingerprint density at radius 2 is 1.65 bits per heavy atom. The summed E-state index contributed by atoms with van der Waals surface area (Å²) >= 11 is 0. The molecule has 2 heteroatoms. The lowest BCUT2D eigenvalue weighted by Gasteiger charge is -2.30. The smallest absolute Gasteiger partial charge is 0.0516 e. The molecular weight excluding hydrogens is 244 g/mol. The Hall–Kier alpha value is -1.64. The van der Waals surface area contributed by atoms with E-state index in [9.17, 15) is 0 Å². The van der Waals surface area contributed by atoms with Crippen molar-refractivity contribution in [3.8, 4) is 0 Å². The van der Waals surface area contributed by atoms with Crippen LogP contribution in [0.2, 0.25) is 0 Å². The van der Waals surface area contributed by atoms with Crippen LogP contribution in [-0.2, 0) is 19.5 Å². The second-order valence-electron chi connectivity index (χ2n) is 6.01. The molecule has 2 aliphatic heterocycles. The van der Waals surface area contributed by atoms with E-state index in [1.165, 1.54) is 24.1 Å². The zero-order valence-electron chi connectivity index (χ0n) is 11.7. The molecule has 0 radical (unpaired) electrons. The minimum absolute atomic E-state index is 0.702. The van der Waals surface area contributed by atoms with Crippen molar-refractivity contribution in [2.24, 2.45) is 0 Å². The van der Waals surface area contributed by atoms with Gasteiger partial charge in [0.05, 0.1) is 6.67 Å². The highest BCUT2D eigenvalue weighted by Gasteiger charge is 2.33. The zero-order chi connectivity index (χ0) is 13.4. The van der Waals surface area contributed by atoms with E-state index in [1.54, 1.807) is 5.56 Å². The van der Waals surface area contributed by atoms with E-state index in [1.807, 2.05) is 0 Å². The second kappa shape index (κ2) is 5.04. The van der Waals surface area contributed by atoms with E-state index >= 15 is 0 Å². The first-order valence-corrected chi connectivity index (χ1v) is 7.45. The van der Waals surface area contributed by atoms with Crippen molar-refractivity contribution in [3.63, 3.8) is 0 Å². The Balaban J connectivity index is 1.47. The molecule has 1 fully saturated rings. The van der Waals surface area contributed by atoms with Crippen LogP contribution >= 0.6 is 0 Å². The van der Waals surface area contributed by atoms with Crippen LogP contribution in [0, 0.1) is 0 Å². The SMILES string of the molecule is c1ccc(CN2C[C@@H]3Cc4ccccc4CN3C2)cc1. The largest absolute Gasteiger partial charge is 0.285 e. The third-order valence-corrected chi connectivity index (χ3v) is 4.56. The van der Waals surface area contributed by atoms with Gasteiger partial charge >= 0.3 is 0 Å². The number of hydrogen-bond acceptors (Lipinski definition) is 2. The first kappa shape index (κ1) is 12.1. The third-order valence-electron chi connectivity index (χ3n) is 4.56. The lowest BCUT2D eigenvalue weighted by Crippen LogP contribution is -2.36. The maximum absolute atomic E-state index is 2.63. The highest BCUT2D eigenvalue weighted by atomic mass is 15.4. The Morgan fingerprint density at radius 3 is 2.50 bits per heavy atom. The van der Waals surface area contributed by atoms with E-state index in [2.05, 4.69) is 64.4 Å². The van der Waals surface area contributed by atoms with Crippen LogP contribution in [0.15, 0.2) is 54.6 Å². The molecule has 0 amide bonds. The van der Waals surface area contributed by atoms with Crippen LogP contribution in [0.25, 0.3) is 0 Å². The predicted molar refractivity (Wildman–Crippen MR) is 81.2 cm³/mol. The molecular formula is C18H20N2. The number of fused-ring (bicyclic) bond motifs is 2. The van der Waals surface area contributed by atoms with Crippen molar-refractivity contribution >= 4 is 0 Å². The van der Waals surface area contributed by atoms with E-state index in [0.29, 0.717) is 6.04 Å². The van der Waals surface area contributed by atoms with Crippen LogP contribution in [0.1, 0.15) is 16.7 Å². The van der Waals surface area contributed by atoms with Gasteiger partial charge < -0.3 is 0 Å². The average molecular weight is 264 g/mol. The van der Waals surface area contributed by atoms with Gasteiger partial charge in [0.15, 0.2) is 0 Å². The molecule has 2 nitrogen and oxygen atoms in total. The Bertz CT molecular complexity index is 560. The molecule has 1 atom stereocenters. The van der Waals surface area contributed by atoms with Gasteiger partial charge in [-0.2, -0.15) is 0 Å². The van der Waals surface area contributed by atoms with Gasteiger partial charge in [-0.25, -0.2) is 0 Å². The molecule has 0 aliphatic carbocycles. The predicted octanol–water partition coefficient (Wildman–Crippen LogP) is 2.89. The molecule has 1 saturated heterocycles. The summed E-state index contributed by atoms with van der Waals surface area (Å²) in [6, 6.07) is 20.4. The van der Waals surface area contributed by atoms with Crippen LogP contribution < -0.4 is 0 Å². The van der Waals surface area contributed by atoms with Gasteiger partial charge in [0, 0.05) is 25.7 Å². The fourth-order valence-electron chi connectivity index (χ4n) is 3.56. The van der Waals surface area contributed by atoms with Gasteiger partial charge in [-0.15, -0.1) is 0 Å². The number of benzene rings is 2. The van der Waals surface area contributed by atoms with Gasteiger partial charge in [0.2, 0.25) is 0 Å². The van der Waals surface area contributed by atoms with Crippen LogP contribution in [-0.4, -0.2) is 29.1 Å². The average Bonchev–Trinajstić information content (AvgIpc) is 2.86. The Labute approximate surface area is 120 Å². The van der Waals surface area contributed by atoms with E-state index in [0.717, 1.165) is 19.8 Å². The minimum atomic E-state index is 0.702. The topological polar surface area (TPSA) is 6.48 Å². The van der Waals surface area contributed by atoms with E-state index in [4.69, 9.17) is 0 Å². The normalized spacial score (nSPS) is 22.5. The van der Waals surface area contributed by atoms with Gasteiger partial charge in [0.25, 0.3) is 0 Å². The van der Waals surface area contributed by atoms with Crippen molar-refractivity contribution < 1.29 is 0 Å². The second-order valence-corrected chi connectivity index (χ2v) is 6.01. The fourth-order valence-corrected chi connectivity index (χ4v) is 3.56. The lowest BCUT2D eigenvalue weighted by atomic mass is 9.95. The summed E-state index contributed by atoms with van der Waals surface area (Å²) in [5.41, 5.74) is 4.49. The van der Waals surface area contributed by atoms with Crippen LogP contribution in [0.3, 0.4) is 0 Å². The standard InChI is InChI=1S/C18H20N2/c1-2-6-15(7-3-1)11-19-13-18-10-16-8-4-5-9-17(16)12-20(18)14-19/h1-9,18H,10-14H2/t18-/m0/s1. The molecule has 0 aromatic heterocycles. The summed E-state index contributed by atoms with van der Waals surface area (Å²) in [7, 11) is 0. The van der Waals surface area contributed by atoms with Crippen LogP contribution in [0.4, 0.5) is 0 Å². The van der Waals surface area contributed by atoms with Crippen molar-refractivity contribution in [3.05, 3.63) is 71.3 Å². The molecule has 0 spiro atoms. The van der Waals surface area contributed by atoms with E-state index in [-0.39, 0.29) is 0 Å². The summed E-state index contributed by atoms with van der Waals surface area (Å²) in [5.74, 6) is 0. The zero-order valence-corrected chi connectivity index (χ0v) is 11.7. The molecule has 20 heavy (non-hydrogen) atoms. The molecule has 2 aromatic carbocycles. The molecule has 0 unspecified atom stereocenters. The molecule has 0 bridgehead atoms. The quantitative estimate of drug-likeness (QED) is 0.823. The number of hydrogen-bond donors (Lipinski definition) is 0. The van der Waals surface area contributed by atoms with E-state index < -0.39 is 0 Å². The first-order valence-electron chi connectivity index (χ1n) is 7.45. The maximum Gasteiger partial charge on any atom is 0.0516 e. The summed E-state index contributed by atoms with van der Waals surface area (Å²) < 4.78 is 0. The van der Waals surface area contributed by atoms with Gasteiger partial charge in [-0.1, -0.05) is 54.6 Å². The lowest BCUT2D eigenvalue weighted by molar-refractivity contribution is 0.200. The van der Waals surface area contributed by atoms with Crippen molar-refractivity contribution in [1.82, 2.24) is 9.80 Å².